The number of thiophene rings is 1. The second kappa shape index (κ2) is 14.3. The van der Waals surface area contributed by atoms with Crippen LogP contribution in [0.2, 0.25) is 0 Å². The Balaban J connectivity index is 1.36. The molecule has 0 saturated heterocycles. The molecule has 0 bridgehead atoms. The molecule has 0 aliphatic heterocycles. The molecule has 33 heavy (non-hydrogen) atoms. The number of hydrogen-bond acceptors (Lipinski definition) is 5. The highest BCUT2D eigenvalue weighted by Gasteiger charge is 2.09. The van der Waals surface area contributed by atoms with Crippen molar-refractivity contribution in [3.05, 3.63) is 76.5 Å². The molecule has 1 heterocycles. The largest absolute Gasteiger partial charge is 0.494 e. The highest BCUT2D eigenvalue weighted by Crippen LogP contribution is 2.20. The highest BCUT2D eigenvalue weighted by molar-refractivity contribution is 7.08. The molecule has 5 heteroatoms. The van der Waals surface area contributed by atoms with E-state index in [0.29, 0.717) is 17.9 Å². The van der Waals surface area contributed by atoms with Crippen LogP contribution in [0.3, 0.4) is 0 Å². The van der Waals surface area contributed by atoms with Crippen molar-refractivity contribution in [2.45, 2.75) is 58.3 Å². The van der Waals surface area contributed by atoms with Gasteiger partial charge >= 0.3 is 5.97 Å². The van der Waals surface area contributed by atoms with E-state index in [2.05, 4.69) is 11.9 Å². The topological polar surface area (TPSA) is 47.9 Å². The van der Waals surface area contributed by atoms with Crippen LogP contribution < -0.4 is 9.47 Å². The lowest BCUT2D eigenvalue weighted by atomic mass is 10.1. The van der Waals surface area contributed by atoms with Gasteiger partial charge in [-0.3, -0.25) is 4.99 Å². The van der Waals surface area contributed by atoms with Gasteiger partial charge in [-0.25, -0.2) is 4.79 Å². The highest BCUT2D eigenvalue weighted by atomic mass is 32.1. The third-order valence-corrected chi connectivity index (χ3v) is 6.01. The monoisotopic (exact) mass is 463 g/mol. The smallest absolute Gasteiger partial charge is 0.343 e. The van der Waals surface area contributed by atoms with Gasteiger partial charge in [0.05, 0.1) is 17.9 Å². The Morgan fingerprint density at radius 2 is 1.52 bits per heavy atom. The maximum atomic E-state index is 12.4. The molecule has 174 valence electrons. The average Bonchev–Trinajstić information content (AvgIpc) is 3.37. The van der Waals surface area contributed by atoms with Crippen LogP contribution in [-0.2, 0) is 0 Å². The van der Waals surface area contributed by atoms with Gasteiger partial charge in [-0.15, -0.1) is 0 Å². The minimum absolute atomic E-state index is 0.390. The zero-order valence-electron chi connectivity index (χ0n) is 19.4. The van der Waals surface area contributed by atoms with Crippen molar-refractivity contribution in [1.29, 1.82) is 0 Å². The number of unbranched alkanes of at least 4 members (excludes halogenated alkanes) is 7. The lowest BCUT2D eigenvalue weighted by Gasteiger charge is -2.08. The van der Waals surface area contributed by atoms with Crippen LogP contribution in [0, 0.1) is 0 Å². The molecule has 0 atom stereocenters. The van der Waals surface area contributed by atoms with Gasteiger partial charge in [0.1, 0.15) is 11.5 Å². The van der Waals surface area contributed by atoms with E-state index < -0.39 is 0 Å². The van der Waals surface area contributed by atoms with Crippen molar-refractivity contribution < 1.29 is 14.3 Å². The predicted octanol–water partition coefficient (Wildman–Crippen LogP) is 8.24. The van der Waals surface area contributed by atoms with E-state index in [1.54, 1.807) is 35.6 Å². The van der Waals surface area contributed by atoms with Crippen molar-refractivity contribution in [2.24, 2.45) is 4.99 Å². The minimum Gasteiger partial charge on any atom is -0.494 e. The number of carbonyl (C=O) groups is 1. The van der Waals surface area contributed by atoms with Crippen LogP contribution in [-0.4, -0.2) is 18.8 Å². The number of hydrogen-bond donors (Lipinski definition) is 0. The summed E-state index contributed by atoms with van der Waals surface area (Å²) in [7, 11) is 0. The van der Waals surface area contributed by atoms with E-state index in [0.717, 1.165) is 23.4 Å². The lowest BCUT2D eigenvalue weighted by molar-refractivity contribution is 0.0734. The zero-order chi connectivity index (χ0) is 23.1. The van der Waals surface area contributed by atoms with Gasteiger partial charge in [0.25, 0.3) is 0 Å². The van der Waals surface area contributed by atoms with Crippen LogP contribution in [0.15, 0.2) is 70.3 Å². The second-order valence-corrected chi connectivity index (χ2v) is 8.83. The number of esters is 1. The average molecular weight is 464 g/mol. The fraction of sp³-hybridized carbons (Fsp3) is 0.357. The second-order valence-electron chi connectivity index (χ2n) is 8.05. The molecule has 0 aliphatic carbocycles. The molecule has 0 aliphatic rings. The van der Waals surface area contributed by atoms with Gasteiger partial charge in [0.15, 0.2) is 0 Å². The summed E-state index contributed by atoms with van der Waals surface area (Å²) in [6.45, 7) is 2.95. The van der Waals surface area contributed by atoms with Crippen LogP contribution in [0.25, 0.3) is 0 Å². The first-order valence-electron chi connectivity index (χ1n) is 11.9. The van der Waals surface area contributed by atoms with Crippen molar-refractivity contribution in [2.75, 3.05) is 6.61 Å². The Morgan fingerprint density at radius 1 is 0.848 bits per heavy atom. The Morgan fingerprint density at radius 3 is 2.18 bits per heavy atom. The molecule has 0 N–H and O–H groups in total. The van der Waals surface area contributed by atoms with Gasteiger partial charge in [-0.2, -0.15) is 11.3 Å². The fourth-order valence-electron chi connectivity index (χ4n) is 3.38. The van der Waals surface area contributed by atoms with Gasteiger partial charge < -0.3 is 9.47 Å². The van der Waals surface area contributed by atoms with Gasteiger partial charge in [-0.1, -0.05) is 51.9 Å². The summed E-state index contributed by atoms with van der Waals surface area (Å²) in [5.74, 6) is 0.881. The van der Waals surface area contributed by atoms with Crippen LogP contribution in [0.5, 0.6) is 11.5 Å². The molecule has 3 rings (SSSR count). The van der Waals surface area contributed by atoms with Crippen LogP contribution in [0.1, 0.15) is 74.2 Å². The summed E-state index contributed by atoms with van der Waals surface area (Å²) in [5.41, 5.74) is 2.37. The van der Waals surface area contributed by atoms with Crippen LogP contribution in [0.4, 0.5) is 5.69 Å². The molecule has 2 aromatic carbocycles. The normalized spacial score (nSPS) is 11.1. The third kappa shape index (κ3) is 9.22. The quantitative estimate of drug-likeness (QED) is 0.105. The van der Waals surface area contributed by atoms with E-state index in [9.17, 15) is 4.79 Å². The lowest BCUT2D eigenvalue weighted by Crippen LogP contribution is -2.08. The number of nitrogens with zero attached hydrogens (tertiary/aromatic N) is 1. The van der Waals surface area contributed by atoms with Gasteiger partial charge in [-0.05, 0) is 71.8 Å². The Hall–Kier alpha value is -2.92. The maximum absolute atomic E-state index is 12.4. The van der Waals surface area contributed by atoms with Gasteiger partial charge in [0.2, 0.25) is 0 Å². The van der Waals surface area contributed by atoms with Crippen molar-refractivity contribution in [3.8, 4) is 11.5 Å². The molecule has 0 saturated carbocycles. The fourth-order valence-corrected chi connectivity index (χ4v) is 3.99. The summed E-state index contributed by atoms with van der Waals surface area (Å²) < 4.78 is 11.3. The first-order valence-corrected chi connectivity index (χ1v) is 12.8. The van der Waals surface area contributed by atoms with E-state index in [1.165, 1.54) is 44.9 Å². The standard InChI is InChI=1S/C28H33NO3S/c1-2-3-4-5-6-7-8-9-19-31-26-14-10-24(11-15-26)28(30)32-27-16-12-25(13-17-27)29-21-23-18-20-33-22-23/h10-18,20-22H,2-9,19H2,1H3. The van der Waals surface area contributed by atoms with E-state index in [-0.39, 0.29) is 5.97 Å². The van der Waals surface area contributed by atoms with Crippen molar-refractivity contribution in [3.63, 3.8) is 0 Å². The number of aliphatic imine (C=N–C) groups is 1. The molecule has 0 amide bonds. The first kappa shape index (κ1) is 24.7. The minimum atomic E-state index is -0.390. The summed E-state index contributed by atoms with van der Waals surface area (Å²) in [6.07, 6.45) is 12.0. The summed E-state index contributed by atoms with van der Waals surface area (Å²) in [5, 5.41) is 4.05. The molecular formula is C28H33NO3S. The summed E-state index contributed by atoms with van der Waals surface area (Å²) in [6, 6.07) is 16.3. The molecule has 0 fully saturated rings. The molecule has 4 nitrogen and oxygen atoms in total. The maximum Gasteiger partial charge on any atom is 0.343 e. The number of carbonyl (C=O) groups excluding carboxylic acids is 1. The molecule has 3 aromatic rings. The summed E-state index contributed by atoms with van der Waals surface area (Å²) >= 11 is 1.64. The van der Waals surface area contributed by atoms with Crippen LogP contribution >= 0.6 is 11.3 Å². The summed E-state index contributed by atoms with van der Waals surface area (Å²) in [4.78, 5) is 16.8. The van der Waals surface area contributed by atoms with Gasteiger partial charge in [0, 0.05) is 11.8 Å². The van der Waals surface area contributed by atoms with Crippen molar-refractivity contribution in [1.82, 2.24) is 0 Å². The number of rotatable bonds is 14. The predicted molar refractivity (Wildman–Crippen MR) is 138 cm³/mol. The SMILES string of the molecule is CCCCCCCCCCOc1ccc(C(=O)Oc2ccc(N=Cc3ccsc3)cc2)cc1. The zero-order valence-corrected chi connectivity index (χ0v) is 20.2. The van der Waals surface area contributed by atoms with E-state index >= 15 is 0 Å². The molecule has 0 unspecified atom stereocenters. The molecule has 1 aromatic heterocycles. The van der Waals surface area contributed by atoms with Crippen molar-refractivity contribution >= 4 is 29.2 Å². The van der Waals surface area contributed by atoms with E-state index in [1.807, 2.05) is 47.3 Å². The molecular weight excluding hydrogens is 430 g/mol. The Labute approximate surface area is 201 Å². The number of benzene rings is 2. The molecule has 0 spiro atoms. The third-order valence-electron chi connectivity index (χ3n) is 5.31. The number of ether oxygens (including phenoxy) is 2. The molecule has 0 radical (unpaired) electrons. The Bertz CT molecular complexity index is 963. The first-order chi connectivity index (χ1) is 16.2. The Kier molecular flexibility index (Phi) is 10.7. The van der Waals surface area contributed by atoms with E-state index in [4.69, 9.17) is 9.47 Å².